The average molecular weight is 363 g/mol. The number of aliphatic hydroxyl groups excluding tert-OH is 2. The lowest BCUT2D eigenvalue weighted by Crippen LogP contribution is -2.59. The van der Waals surface area contributed by atoms with Crippen molar-refractivity contribution in [2.45, 2.75) is 24.3 Å². The molecule has 136 valence electrons. The topological polar surface area (TPSA) is 89.4 Å². The molecular formula is C20H17N3O4. The van der Waals surface area contributed by atoms with Crippen LogP contribution in [0.3, 0.4) is 0 Å². The van der Waals surface area contributed by atoms with Gasteiger partial charge in [-0.25, -0.2) is 23.5 Å². The number of aliphatic hydroxyl groups is 2. The van der Waals surface area contributed by atoms with Crippen LogP contribution < -0.4 is 11.4 Å². The van der Waals surface area contributed by atoms with E-state index in [1.807, 2.05) is 18.2 Å². The molecule has 4 saturated carbocycles. The second-order valence-electron chi connectivity index (χ2n) is 9.17. The van der Waals surface area contributed by atoms with Gasteiger partial charge in [-0.1, -0.05) is 30.4 Å². The monoisotopic (exact) mass is 363 g/mol. The molecular weight excluding hydrogens is 346 g/mol. The Labute approximate surface area is 152 Å². The van der Waals surface area contributed by atoms with E-state index in [0.29, 0.717) is 23.4 Å². The number of hydrogen-bond donors (Lipinski definition) is 2. The molecule has 0 radical (unpaired) electrons. The summed E-state index contributed by atoms with van der Waals surface area (Å²) in [5.41, 5.74) is -1.04. The van der Waals surface area contributed by atoms with Crippen LogP contribution in [0.25, 0.3) is 5.69 Å². The van der Waals surface area contributed by atoms with E-state index < -0.39 is 23.0 Å². The minimum absolute atomic E-state index is 0.192. The van der Waals surface area contributed by atoms with E-state index in [1.54, 1.807) is 33.6 Å². The molecule has 9 rings (SSSR count). The fourth-order valence-electron chi connectivity index (χ4n) is 8.69. The molecule has 2 aromatic rings. The van der Waals surface area contributed by atoms with Gasteiger partial charge in [0.2, 0.25) is 0 Å². The van der Waals surface area contributed by atoms with Crippen LogP contribution in [0, 0.1) is 34.5 Å². The van der Waals surface area contributed by atoms with Gasteiger partial charge < -0.3 is 10.2 Å². The Morgan fingerprint density at radius 3 is 1.81 bits per heavy atom. The number of benzene rings is 1. The third-order valence-corrected chi connectivity index (χ3v) is 8.98. The van der Waals surface area contributed by atoms with Gasteiger partial charge in [0.25, 0.3) is 0 Å². The Morgan fingerprint density at radius 1 is 0.778 bits per heavy atom. The van der Waals surface area contributed by atoms with Crippen molar-refractivity contribution < 1.29 is 10.2 Å². The number of hydrogen-bond acceptors (Lipinski definition) is 4. The third kappa shape index (κ3) is 0.953. The van der Waals surface area contributed by atoms with Crippen LogP contribution >= 0.6 is 0 Å². The van der Waals surface area contributed by atoms with E-state index in [1.165, 1.54) is 4.57 Å². The molecule has 1 aromatic heterocycles. The predicted molar refractivity (Wildman–Crippen MR) is 92.3 cm³/mol. The average Bonchev–Trinajstić information content (AvgIpc) is 3.45. The second kappa shape index (κ2) is 3.52. The molecule has 10 atom stereocenters. The first kappa shape index (κ1) is 13.7. The van der Waals surface area contributed by atoms with E-state index in [-0.39, 0.29) is 29.4 Å². The van der Waals surface area contributed by atoms with Crippen molar-refractivity contribution in [2.24, 2.45) is 34.5 Å². The van der Waals surface area contributed by atoms with Crippen molar-refractivity contribution in [2.75, 3.05) is 0 Å². The molecule has 4 fully saturated rings. The van der Waals surface area contributed by atoms with Gasteiger partial charge in [-0.3, -0.25) is 0 Å². The lowest BCUT2D eigenvalue weighted by molar-refractivity contribution is -0.0942. The molecule has 0 amide bonds. The highest BCUT2D eigenvalue weighted by Gasteiger charge is 3.06. The van der Waals surface area contributed by atoms with Gasteiger partial charge in [-0.05, 0) is 35.8 Å². The SMILES string of the molecule is O=c1n(-c2ccccc2)c(=O)n2n1[C@H]1[C@H]3C4C5[C@@]16[C@@H](O)C=C[C@@H](O)[C@]56[C@H]2[C@@H]43. The summed E-state index contributed by atoms with van der Waals surface area (Å²) in [6.07, 6.45) is 2.07. The van der Waals surface area contributed by atoms with Crippen LogP contribution in [0.1, 0.15) is 12.1 Å². The minimum atomic E-state index is -0.664. The van der Waals surface area contributed by atoms with Crippen molar-refractivity contribution in [3.05, 3.63) is 63.5 Å². The molecule has 2 N–H and O–H groups in total. The molecule has 3 heterocycles. The van der Waals surface area contributed by atoms with Gasteiger partial charge in [0.1, 0.15) is 0 Å². The molecule has 7 aliphatic rings. The highest BCUT2D eigenvalue weighted by atomic mass is 16.3. The Bertz CT molecular complexity index is 1150. The molecule has 27 heavy (non-hydrogen) atoms. The molecule has 2 unspecified atom stereocenters. The van der Waals surface area contributed by atoms with Crippen molar-refractivity contribution in [3.63, 3.8) is 0 Å². The van der Waals surface area contributed by atoms with Crippen LogP contribution in [-0.4, -0.2) is 36.4 Å². The number of aromatic nitrogens is 3. The summed E-state index contributed by atoms with van der Waals surface area (Å²) in [6, 6.07) is 8.61. The maximum atomic E-state index is 13.4. The van der Waals surface area contributed by atoms with E-state index in [0.717, 1.165) is 0 Å². The zero-order chi connectivity index (χ0) is 18.0. The Hall–Kier alpha value is -2.38. The van der Waals surface area contributed by atoms with Crippen molar-refractivity contribution in [1.82, 2.24) is 13.9 Å². The first-order valence-electron chi connectivity index (χ1n) is 9.65. The first-order chi connectivity index (χ1) is 13.1. The summed E-state index contributed by atoms with van der Waals surface area (Å²) in [5.74, 6) is 1.37. The predicted octanol–water partition coefficient (Wildman–Crippen LogP) is -0.320. The Kier molecular flexibility index (Phi) is 1.79. The molecule has 1 aromatic carbocycles. The van der Waals surface area contributed by atoms with Crippen molar-refractivity contribution in [1.29, 1.82) is 0 Å². The van der Waals surface area contributed by atoms with Gasteiger partial charge in [-0.2, -0.15) is 0 Å². The van der Waals surface area contributed by atoms with Gasteiger partial charge in [0.05, 0.1) is 30.0 Å². The lowest BCUT2D eigenvalue weighted by Gasteiger charge is -2.51. The second-order valence-corrected chi connectivity index (χ2v) is 9.17. The molecule has 7 heteroatoms. The normalized spacial score (nSPS) is 53.3. The molecule has 2 spiro atoms. The third-order valence-electron chi connectivity index (χ3n) is 8.98. The largest absolute Gasteiger partial charge is 0.388 e. The zero-order valence-corrected chi connectivity index (χ0v) is 14.2. The van der Waals surface area contributed by atoms with Gasteiger partial charge in [-0.15, -0.1) is 0 Å². The van der Waals surface area contributed by atoms with Crippen LogP contribution in [0.4, 0.5) is 0 Å². The smallest absolute Gasteiger partial charge is 0.352 e. The fraction of sp³-hybridized carbons (Fsp3) is 0.500. The Morgan fingerprint density at radius 2 is 1.30 bits per heavy atom. The first-order valence-corrected chi connectivity index (χ1v) is 9.65. The summed E-state index contributed by atoms with van der Waals surface area (Å²) in [6.45, 7) is 0. The molecule has 2 aliphatic heterocycles. The Balaban J connectivity index is 1.48. The van der Waals surface area contributed by atoms with Crippen LogP contribution in [-0.2, 0) is 0 Å². The summed E-state index contributed by atoms with van der Waals surface area (Å²) >= 11 is 0. The molecule has 5 aliphatic carbocycles. The van der Waals surface area contributed by atoms with Gasteiger partial charge >= 0.3 is 11.4 Å². The standard InChI is InChI=1S/C20H17N3O4/c24-9-6-7-10(25)20-14-11-12-13(11)16(20)23-18(27)21(8-4-2-1-3-5-8)17(26)22(23)15(12)19(9,14)20/h1-7,9-16,24-25H/t9-,10+,11?,12-,13-,14?,15-,16+,19-,20+/m0/s1. The maximum Gasteiger partial charge on any atom is 0.352 e. The van der Waals surface area contributed by atoms with E-state index in [9.17, 15) is 19.8 Å². The van der Waals surface area contributed by atoms with Gasteiger partial charge in [0, 0.05) is 10.8 Å². The zero-order valence-electron chi connectivity index (χ0n) is 14.2. The molecule has 2 bridgehead atoms. The quantitative estimate of drug-likeness (QED) is 0.680. The number of rotatable bonds is 1. The summed E-state index contributed by atoms with van der Waals surface area (Å²) in [4.78, 5) is 26.7. The number of nitrogens with zero attached hydrogens (tertiary/aromatic N) is 3. The van der Waals surface area contributed by atoms with Crippen LogP contribution in [0.5, 0.6) is 0 Å². The summed E-state index contributed by atoms with van der Waals surface area (Å²) in [5, 5.41) is 21.9. The van der Waals surface area contributed by atoms with E-state index in [2.05, 4.69) is 0 Å². The highest BCUT2D eigenvalue weighted by molar-refractivity contribution is 5.54. The van der Waals surface area contributed by atoms with Crippen molar-refractivity contribution >= 4 is 0 Å². The fourth-order valence-corrected chi connectivity index (χ4v) is 8.69. The van der Waals surface area contributed by atoms with E-state index >= 15 is 0 Å². The van der Waals surface area contributed by atoms with Crippen LogP contribution in [0.15, 0.2) is 52.1 Å². The lowest BCUT2D eigenvalue weighted by atomic mass is 9.64. The summed E-state index contributed by atoms with van der Waals surface area (Å²) in [7, 11) is 0. The van der Waals surface area contributed by atoms with E-state index in [4.69, 9.17) is 0 Å². The van der Waals surface area contributed by atoms with Crippen LogP contribution in [0.2, 0.25) is 0 Å². The summed E-state index contributed by atoms with van der Waals surface area (Å²) < 4.78 is 4.53. The highest BCUT2D eigenvalue weighted by Crippen LogP contribution is 3.04. The van der Waals surface area contributed by atoms with Crippen molar-refractivity contribution in [3.8, 4) is 5.69 Å². The number of para-hydroxylation sites is 1. The maximum absolute atomic E-state index is 13.4. The minimum Gasteiger partial charge on any atom is -0.388 e. The molecule has 7 nitrogen and oxygen atoms in total. The van der Waals surface area contributed by atoms with Gasteiger partial charge in [0.15, 0.2) is 0 Å². The molecule has 0 saturated heterocycles.